The number of ether oxygens (including phenoxy) is 1. The molecule has 0 saturated carbocycles. The summed E-state index contributed by atoms with van der Waals surface area (Å²) in [5.41, 5.74) is 1.11. The summed E-state index contributed by atoms with van der Waals surface area (Å²) in [6.45, 7) is 2.93. The number of nitrogens with zero attached hydrogens (tertiary/aromatic N) is 2. The van der Waals surface area contributed by atoms with Crippen LogP contribution in [0.5, 0.6) is 5.75 Å². The molecule has 0 unspecified atom stereocenters. The number of halogens is 2. The Morgan fingerprint density at radius 3 is 2.64 bits per heavy atom. The number of anilines is 1. The van der Waals surface area contributed by atoms with E-state index in [-0.39, 0.29) is 21.9 Å². The standard InChI is InChI=1S/C22H24F2N4O4S/c1-2-32-18-9-7-15(13-19(18)33(30,31)28-10-4-3-5-11-28)25-22(29)14-6-8-16-17(12-14)27-21(26-16)20(23)24/h6-9,12-13,20H,2-5,10-11H2,1H3,(H,25,29)(H,26,27). The van der Waals surface area contributed by atoms with E-state index in [0.717, 1.165) is 19.3 Å². The maximum atomic E-state index is 13.3. The molecular formula is C22H24F2N4O4S. The van der Waals surface area contributed by atoms with Crippen LogP contribution >= 0.6 is 0 Å². The van der Waals surface area contributed by atoms with Gasteiger partial charge in [-0.25, -0.2) is 22.2 Å². The van der Waals surface area contributed by atoms with Gasteiger partial charge in [-0.2, -0.15) is 4.31 Å². The van der Waals surface area contributed by atoms with Crippen molar-refractivity contribution >= 4 is 32.7 Å². The molecule has 2 N–H and O–H groups in total. The zero-order chi connectivity index (χ0) is 23.6. The Labute approximate surface area is 190 Å². The highest BCUT2D eigenvalue weighted by Gasteiger charge is 2.29. The molecule has 1 aliphatic heterocycles. The van der Waals surface area contributed by atoms with E-state index < -0.39 is 28.2 Å². The van der Waals surface area contributed by atoms with E-state index in [9.17, 15) is 22.0 Å². The van der Waals surface area contributed by atoms with Crippen molar-refractivity contribution in [2.75, 3.05) is 25.0 Å². The Kier molecular flexibility index (Phi) is 6.61. The molecule has 1 aliphatic rings. The molecule has 0 spiro atoms. The van der Waals surface area contributed by atoms with E-state index >= 15 is 0 Å². The molecule has 1 fully saturated rings. The van der Waals surface area contributed by atoms with E-state index in [1.54, 1.807) is 13.0 Å². The van der Waals surface area contributed by atoms with Gasteiger partial charge in [-0.15, -0.1) is 0 Å². The highest BCUT2D eigenvalue weighted by Crippen LogP contribution is 2.32. The topological polar surface area (TPSA) is 104 Å². The second kappa shape index (κ2) is 9.44. The number of hydrogen-bond acceptors (Lipinski definition) is 5. The summed E-state index contributed by atoms with van der Waals surface area (Å²) < 4.78 is 59.2. The van der Waals surface area contributed by atoms with Crippen molar-refractivity contribution in [1.29, 1.82) is 0 Å². The van der Waals surface area contributed by atoms with Crippen molar-refractivity contribution < 1.29 is 26.7 Å². The van der Waals surface area contributed by atoms with Crippen LogP contribution in [0.2, 0.25) is 0 Å². The summed E-state index contributed by atoms with van der Waals surface area (Å²) in [5.74, 6) is -0.767. The van der Waals surface area contributed by atoms with E-state index in [1.165, 1.54) is 34.6 Å². The van der Waals surface area contributed by atoms with Gasteiger partial charge in [0.1, 0.15) is 10.6 Å². The van der Waals surface area contributed by atoms with Gasteiger partial charge in [0.25, 0.3) is 12.3 Å². The molecule has 0 bridgehead atoms. The fourth-order valence-corrected chi connectivity index (χ4v) is 5.46. The maximum absolute atomic E-state index is 13.3. The van der Waals surface area contributed by atoms with Gasteiger partial charge in [-0.1, -0.05) is 6.42 Å². The number of aromatic amines is 1. The normalized spacial score (nSPS) is 15.2. The monoisotopic (exact) mass is 478 g/mol. The Balaban J connectivity index is 1.62. The van der Waals surface area contributed by atoms with Gasteiger partial charge in [0, 0.05) is 24.3 Å². The molecular weight excluding hydrogens is 454 g/mol. The third-order valence-corrected chi connectivity index (χ3v) is 7.32. The van der Waals surface area contributed by atoms with Crippen molar-refractivity contribution in [3.05, 3.63) is 47.8 Å². The number of piperidine rings is 1. The summed E-state index contributed by atoms with van der Waals surface area (Å²) in [7, 11) is -3.80. The van der Waals surface area contributed by atoms with Crippen LogP contribution in [0, 0.1) is 0 Å². The first-order chi connectivity index (χ1) is 15.8. The number of hydrogen-bond donors (Lipinski definition) is 2. The zero-order valence-corrected chi connectivity index (χ0v) is 18.8. The number of rotatable bonds is 7. The number of carbonyl (C=O) groups is 1. The first-order valence-corrected chi connectivity index (χ1v) is 12.1. The lowest BCUT2D eigenvalue weighted by Gasteiger charge is -2.27. The maximum Gasteiger partial charge on any atom is 0.295 e. The lowest BCUT2D eigenvalue weighted by molar-refractivity contribution is 0.102. The number of H-pyrrole nitrogens is 1. The first-order valence-electron chi connectivity index (χ1n) is 10.7. The first kappa shape index (κ1) is 23.1. The van der Waals surface area contributed by atoms with Crippen LogP contribution < -0.4 is 10.1 Å². The van der Waals surface area contributed by atoms with E-state index in [2.05, 4.69) is 15.3 Å². The predicted octanol–water partition coefficient (Wildman–Crippen LogP) is 4.33. The highest BCUT2D eigenvalue weighted by atomic mass is 32.2. The van der Waals surface area contributed by atoms with Crippen LogP contribution in [0.1, 0.15) is 48.8 Å². The quantitative estimate of drug-likeness (QED) is 0.526. The van der Waals surface area contributed by atoms with Crippen LogP contribution in [0.25, 0.3) is 11.0 Å². The minimum Gasteiger partial charge on any atom is -0.492 e. The minimum absolute atomic E-state index is 0.00496. The van der Waals surface area contributed by atoms with Crippen LogP contribution in [0.3, 0.4) is 0 Å². The number of amides is 1. The second-order valence-corrected chi connectivity index (χ2v) is 9.57. The highest BCUT2D eigenvalue weighted by molar-refractivity contribution is 7.89. The van der Waals surface area contributed by atoms with Crippen LogP contribution in [0.4, 0.5) is 14.5 Å². The number of fused-ring (bicyclic) bond motifs is 1. The SMILES string of the molecule is CCOc1ccc(NC(=O)c2ccc3nc(C(F)F)[nH]c3c2)cc1S(=O)(=O)N1CCCCC1. The largest absolute Gasteiger partial charge is 0.492 e. The Morgan fingerprint density at radius 2 is 1.94 bits per heavy atom. The summed E-state index contributed by atoms with van der Waals surface area (Å²) in [4.78, 5) is 19.1. The lowest BCUT2D eigenvalue weighted by atomic mass is 10.2. The van der Waals surface area contributed by atoms with Crippen molar-refractivity contribution in [1.82, 2.24) is 14.3 Å². The third kappa shape index (κ3) is 4.83. The fraction of sp³-hybridized carbons (Fsp3) is 0.364. The Morgan fingerprint density at radius 1 is 1.18 bits per heavy atom. The molecule has 2 aromatic carbocycles. The molecule has 1 aromatic heterocycles. The number of imidazole rings is 1. The molecule has 8 nitrogen and oxygen atoms in total. The number of benzene rings is 2. The molecule has 176 valence electrons. The van der Waals surface area contributed by atoms with Crippen molar-refractivity contribution in [3.8, 4) is 5.75 Å². The van der Waals surface area contributed by atoms with Gasteiger partial charge in [0.15, 0.2) is 5.82 Å². The molecule has 1 saturated heterocycles. The molecule has 0 radical (unpaired) electrons. The van der Waals surface area contributed by atoms with Crippen molar-refractivity contribution in [3.63, 3.8) is 0 Å². The van der Waals surface area contributed by atoms with Gasteiger partial charge >= 0.3 is 0 Å². The molecule has 33 heavy (non-hydrogen) atoms. The molecule has 2 heterocycles. The van der Waals surface area contributed by atoms with Crippen LogP contribution in [-0.4, -0.2) is 48.3 Å². The zero-order valence-electron chi connectivity index (χ0n) is 18.0. The molecule has 1 amide bonds. The summed E-state index contributed by atoms with van der Waals surface area (Å²) in [6.07, 6.45) is -0.176. The Hall–Kier alpha value is -3.05. The smallest absolute Gasteiger partial charge is 0.295 e. The van der Waals surface area contributed by atoms with Gasteiger partial charge in [0.05, 0.1) is 17.6 Å². The molecule has 0 atom stereocenters. The van der Waals surface area contributed by atoms with Crippen molar-refractivity contribution in [2.24, 2.45) is 0 Å². The lowest BCUT2D eigenvalue weighted by Crippen LogP contribution is -2.35. The van der Waals surface area contributed by atoms with Crippen molar-refractivity contribution in [2.45, 2.75) is 37.5 Å². The molecule has 4 rings (SSSR count). The molecule has 0 aliphatic carbocycles. The number of carbonyl (C=O) groups excluding carboxylic acids is 1. The van der Waals surface area contributed by atoms with Gasteiger partial charge in [-0.05, 0) is 56.2 Å². The fourth-order valence-electron chi connectivity index (χ4n) is 3.78. The number of aromatic nitrogens is 2. The van der Waals surface area contributed by atoms with E-state index in [1.807, 2.05) is 0 Å². The van der Waals surface area contributed by atoms with Gasteiger partial charge < -0.3 is 15.0 Å². The predicted molar refractivity (Wildman–Crippen MR) is 119 cm³/mol. The molecule has 11 heteroatoms. The minimum atomic E-state index is -3.80. The second-order valence-electron chi connectivity index (χ2n) is 7.67. The third-order valence-electron chi connectivity index (χ3n) is 5.40. The average molecular weight is 479 g/mol. The summed E-state index contributed by atoms with van der Waals surface area (Å²) >= 11 is 0. The van der Waals surface area contributed by atoms with Crippen LogP contribution in [0.15, 0.2) is 41.3 Å². The number of alkyl halides is 2. The number of nitrogens with one attached hydrogen (secondary N) is 2. The molecule has 3 aromatic rings. The van der Waals surface area contributed by atoms with E-state index in [4.69, 9.17) is 4.74 Å². The summed E-state index contributed by atoms with van der Waals surface area (Å²) in [6, 6.07) is 8.81. The average Bonchev–Trinajstić information content (AvgIpc) is 3.24. The van der Waals surface area contributed by atoms with E-state index in [0.29, 0.717) is 30.7 Å². The van der Waals surface area contributed by atoms with Gasteiger partial charge in [0.2, 0.25) is 10.0 Å². The van der Waals surface area contributed by atoms with Gasteiger partial charge in [-0.3, -0.25) is 4.79 Å². The number of sulfonamides is 1. The summed E-state index contributed by atoms with van der Waals surface area (Å²) in [5, 5.41) is 2.68. The Bertz CT molecular complexity index is 1270. The van der Waals surface area contributed by atoms with Crippen LogP contribution in [-0.2, 0) is 10.0 Å².